The Morgan fingerprint density at radius 3 is 2.72 bits per heavy atom. The van der Waals surface area contributed by atoms with Gasteiger partial charge >= 0.3 is 10.3 Å². The molecule has 2 saturated carbocycles. The van der Waals surface area contributed by atoms with E-state index in [0.29, 0.717) is 11.8 Å². The number of aromatic hydroxyl groups is 1. The molecule has 0 saturated heterocycles. The molecule has 3 aliphatic carbocycles. The zero-order valence-corrected chi connectivity index (χ0v) is 15.1. The second-order valence-corrected chi connectivity index (χ2v) is 9.30. The second kappa shape index (κ2) is 5.59. The third-order valence-corrected chi connectivity index (χ3v) is 7.34. The fraction of sp³-hybridized carbons (Fsp3) is 0.667. The molecule has 5 atom stereocenters. The topological polar surface area (TPSA) is 110 Å². The van der Waals surface area contributed by atoms with Gasteiger partial charge in [0.1, 0.15) is 5.75 Å². The Morgan fingerprint density at radius 2 is 2.00 bits per heavy atom. The summed E-state index contributed by atoms with van der Waals surface area (Å²) in [5.41, 5.74) is 1.78. The van der Waals surface area contributed by atoms with Crippen LogP contribution in [0.5, 0.6) is 11.5 Å². The van der Waals surface area contributed by atoms with E-state index in [2.05, 4.69) is 6.92 Å². The van der Waals surface area contributed by atoms with E-state index in [1.54, 1.807) is 6.07 Å². The Bertz CT molecular complexity index is 808. The third kappa shape index (κ3) is 2.73. The van der Waals surface area contributed by atoms with Crippen molar-refractivity contribution in [2.24, 2.45) is 22.4 Å². The zero-order chi connectivity index (χ0) is 18.0. The van der Waals surface area contributed by atoms with E-state index in [9.17, 15) is 18.6 Å². The first-order chi connectivity index (χ1) is 11.7. The van der Waals surface area contributed by atoms with Crippen molar-refractivity contribution in [1.29, 1.82) is 0 Å². The Kier molecular flexibility index (Phi) is 3.83. The quantitative estimate of drug-likeness (QED) is 0.742. The zero-order valence-electron chi connectivity index (χ0n) is 14.3. The van der Waals surface area contributed by atoms with Gasteiger partial charge in [-0.1, -0.05) is 6.92 Å². The first-order valence-electron chi connectivity index (χ1n) is 8.95. The second-order valence-electron chi connectivity index (χ2n) is 8.15. The van der Waals surface area contributed by atoms with Crippen LogP contribution in [0.25, 0.3) is 0 Å². The van der Waals surface area contributed by atoms with Gasteiger partial charge in [-0.15, -0.1) is 0 Å². The average molecular weight is 367 g/mol. The molecule has 7 heteroatoms. The number of nitrogens with two attached hydrogens (primary N) is 1. The van der Waals surface area contributed by atoms with E-state index in [4.69, 9.17) is 9.32 Å². The molecule has 0 radical (unpaired) electrons. The normalized spacial score (nSPS) is 37.1. The highest BCUT2D eigenvalue weighted by Crippen LogP contribution is 2.62. The molecule has 0 heterocycles. The van der Waals surface area contributed by atoms with Crippen LogP contribution in [0.15, 0.2) is 12.1 Å². The number of aliphatic hydroxyl groups is 1. The maximum atomic E-state index is 11.5. The minimum absolute atomic E-state index is 0.00668. The Morgan fingerprint density at radius 1 is 1.24 bits per heavy atom. The van der Waals surface area contributed by atoms with Gasteiger partial charge in [0.15, 0.2) is 5.75 Å². The predicted octanol–water partition coefficient (Wildman–Crippen LogP) is 2.19. The number of phenols is 1. The summed E-state index contributed by atoms with van der Waals surface area (Å²) in [4.78, 5) is 0. The Balaban J connectivity index is 1.77. The first-order valence-corrected chi connectivity index (χ1v) is 10.4. The lowest BCUT2D eigenvalue weighted by Gasteiger charge is -2.50. The lowest BCUT2D eigenvalue weighted by molar-refractivity contribution is -0.0228. The fourth-order valence-corrected chi connectivity index (χ4v) is 6.22. The molecule has 0 aromatic heterocycles. The minimum atomic E-state index is -4.15. The largest absolute Gasteiger partial charge is 0.508 e. The van der Waals surface area contributed by atoms with E-state index >= 15 is 0 Å². The van der Waals surface area contributed by atoms with Crippen molar-refractivity contribution in [3.8, 4) is 11.5 Å². The van der Waals surface area contributed by atoms with E-state index in [0.717, 1.165) is 49.7 Å². The highest BCUT2D eigenvalue weighted by molar-refractivity contribution is 7.84. The van der Waals surface area contributed by atoms with Crippen LogP contribution in [0.3, 0.4) is 0 Å². The van der Waals surface area contributed by atoms with Crippen LogP contribution in [0, 0.1) is 17.3 Å². The highest BCUT2D eigenvalue weighted by atomic mass is 32.2. The predicted molar refractivity (Wildman–Crippen MR) is 92.5 cm³/mol. The molecule has 0 unspecified atom stereocenters. The molecule has 2 fully saturated rings. The van der Waals surface area contributed by atoms with Gasteiger partial charge in [0.25, 0.3) is 0 Å². The minimum Gasteiger partial charge on any atom is -0.508 e. The third-order valence-electron chi connectivity index (χ3n) is 6.92. The SMILES string of the molecule is C[C@]12CC[C@@H]3c4c(cc(O)cc4OS(N)(=O)=O)CC[C@@H]3[C@@H]1CC[C@@H]2O. The van der Waals surface area contributed by atoms with Crippen LogP contribution in [0.1, 0.15) is 56.1 Å². The lowest BCUT2D eigenvalue weighted by atomic mass is 9.55. The molecule has 6 nitrogen and oxygen atoms in total. The van der Waals surface area contributed by atoms with Crippen LogP contribution in [-0.4, -0.2) is 24.7 Å². The van der Waals surface area contributed by atoms with E-state index in [1.807, 2.05) is 0 Å². The number of hydrogen-bond donors (Lipinski definition) is 3. The summed E-state index contributed by atoms with van der Waals surface area (Å²) < 4.78 is 28.0. The van der Waals surface area contributed by atoms with Gasteiger partial charge < -0.3 is 14.4 Å². The summed E-state index contributed by atoms with van der Waals surface area (Å²) in [6, 6.07) is 3.06. The molecule has 0 bridgehead atoms. The van der Waals surface area contributed by atoms with Crippen molar-refractivity contribution in [1.82, 2.24) is 0 Å². The molecule has 1 aromatic carbocycles. The van der Waals surface area contributed by atoms with Crippen molar-refractivity contribution in [3.05, 3.63) is 23.3 Å². The van der Waals surface area contributed by atoms with E-state index in [-0.39, 0.29) is 28.9 Å². The van der Waals surface area contributed by atoms with Crippen molar-refractivity contribution >= 4 is 10.3 Å². The van der Waals surface area contributed by atoms with Crippen LogP contribution in [-0.2, 0) is 16.7 Å². The van der Waals surface area contributed by atoms with Gasteiger partial charge in [0.05, 0.1) is 6.10 Å². The maximum Gasteiger partial charge on any atom is 0.380 e. The summed E-state index contributed by atoms with van der Waals surface area (Å²) in [6.07, 6.45) is 5.16. The van der Waals surface area contributed by atoms with Crippen LogP contribution < -0.4 is 9.32 Å². The lowest BCUT2D eigenvalue weighted by Crippen LogP contribution is -2.44. The summed E-state index contributed by atoms with van der Waals surface area (Å²) in [5.74, 6) is 1.17. The summed E-state index contributed by atoms with van der Waals surface area (Å²) >= 11 is 0. The summed E-state index contributed by atoms with van der Waals surface area (Å²) in [7, 11) is -4.15. The number of fused-ring (bicyclic) bond motifs is 5. The molecule has 4 rings (SSSR count). The van der Waals surface area contributed by atoms with Gasteiger partial charge in [0.2, 0.25) is 0 Å². The van der Waals surface area contributed by atoms with E-state index in [1.165, 1.54) is 6.07 Å². The molecule has 138 valence electrons. The van der Waals surface area contributed by atoms with Crippen LogP contribution in [0.4, 0.5) is 0 Å². The summed E-state index contributed by atoms with van der Waals surface area (Å²) in [6.45, 7) is 2.19. The fourth-order valence-electron chi connectivity index (χ4n) is 5.83. The number of phenolic OH excluding ortho intramolecular Hbond substituents is 1. The molecule has 0 amide bonds. The number of rotatable bonds is 2. The van der Waals surface area contributed by atoms with Crippen molar-refractivity contribution in [3.63, 3.8) is 0 Å². The number of aliphatic hydroxyl groups excluding tert-OH is 1. The summed E-state index contributed by atoms with van der Waals surface area (Å²) in [5, 5.41) is 25.5. The van der Waals surface area contributed by atoms with Crippen LogP contribution in [0.2, 0.25) is 0 Å². The molecular weight excluding hydrogens is 342 g/mol. The van der Waals surface area contributed by atoms with Gasteiger partial charge in [0, 0.05) is 11.6 Å². The number of hydrogen-bond acceptors (Lipinski definition) is 5. The maximum absolute atomic E-state index is 11.5. The molecule has 4 N–H and O–H groups in total. The molecule has 1 aromatic rings. The molecule has 25 heavy (non-hydrogen) atoms. The van der Waals surface area contributed by atoms with Crippen molar-refractivity contribution in [2.75, 3.05) is 0 Å². The standard InChI is InChI=1S/C18H25NO5S/c1-18-7-6-13-12(14(18)4-5-16(18)21)3-2-10-8-11(20)9-15(17(10)13)24-25(19,22)23/h8-9,12-14,16,20-21H,2-7H2,1H3,(H2,19,22,23)/t12-,13-,14-,16-,18-/m0/s1. The number of aryl methyl sites for hydroxylation is 1. The Labute approximate surface area is 148 Å². The van der Waals surface area contributed by atoms with E-state index < -0.39 is 10.3 Å². The molecule has 3 aliphatic rings. The van der Waals surface area contributed by atoms with Gasteiger partial charge in [-0.3, -0.25) is 0 Å². The molecule has 0 aliphatic heterocycles. The van der Waals surface area contributed by atoms with Crippen LogP contribution >= 0.6 is 0 Å². The first kappa shape index (κ1) is 17.1. The highest BCUT2D eigenvalue weighted by Gasteiger charge is 2.54. The number of benzene rings is 1. The van der Waals surface area contributed by atoms with Crippen molar-refractivity contribution < 1.29 is 22.8 Å². The van der Waals surface area contributed by atoms with Crippen molar-refractivity contribution in [2.45, 2.75) is 57.5 Å². The molecular formula is C18H25NO5S. The van der Waals surface area contributed by atoms with Gasteiger partial charge in [-0.2, -0.15) is 13.6 Å². The monoisotopic (exact) mass is 367 g/mol. The Hall–Kier alpha value is -1.31. The van der Waals surface area contributed by atoms with Gasteiger partial charge in [-0.25, -0.2) is 0 Å². The smallest absolute Gasteiger partial charge is 0.380 e. The average Bonchev–Trinajstić information content (AvgIpc) is 2.80. The van der Waals surface area contributed by atoms with Gasteiger partial charge in [-0.05, 0) is 73.3 Å². The molecule has 0 spiro atoms.